The number of methoxy groups -OCH3 is 1. The number of thiophene rings is 1. The SMILES string of the molecule is COc1ccccc1-c1csc(NC(=O)c2sccc2S(=O)(=O)N2CCCC2)n1. The topological polar surface area (TPSA) is 88.6 Å². The molecule has 1 saturated heterocycles. The second kappa shape index (κ2) is 8.23. The van der Waals surface area contributed by atoms with Crippen molar-refractivity contribution in [2.24, 2.45) is 0 Å². The Bertz CT molecular complexity index is 1130. The van der Waals surface area contributed by atoms with Crippen molar-refractivity contribution >= 4 is 43.7 Å². The lowest BCUT2D eigenvalue weighted by molar-refractivity contribution is 0.102. The summed E-state index contributed by atoms with van der Waals surface area (Å²) in [6, 6.07) is 8.98. The summed E-state index contributed by atoms with van der Waals surface area (Å²) < 4.78 is 32.5. The molecule has 1 aliphatic rings. The normalized spacial score (nSPS) is 14.8. The van der Waals surface area contributed by atoms with E-state index < -0.39 is 15.9 Å². The molecule has 0 saturated carbocycles. The first-order chi connectivity index (χ1) is 14.0. The van der Waals surface area contributed by atoms with Gasteiger partial charge in [-0.15, -0.1) is 22.7 Å². The van der Waals surface area contributed by atoms with E-state index in [0.29, 0.717) is 29.7 Å². The highest BCUT2D eigenvalue weighted by atomic mass is 32.2. The van der Waals surface area contributed by atoms with Gasteiger partial charge in [0.05, 0.1) is 12.8 Å². The van der Waals surface area contributed by atoms with E-state index in [1.807, 2.05) is 29.6 Å². The molecule has 3 heterocycles. The Kier molecular flexibility index (Phi) is 5.68. The Labute approximate surface area is 177 Å². The van der Waals surface area contributed by atoms with E-state index in [9.17, 15) is 13.2 Å². The number of para-hydroxylation sites is 1. The van der Waals surface area contributed by atoms with Crippen LogP contribution in [0.2, 0.25) is 0 Å². The second-order valence-corrected chi connectivity index (χ2v) is 10.1. The summed E-state index contributed by atoms with van der Waals surface area (Å²) in [5, 5.41) is 6.58. The number of hydrogen-bond donors (Lipinski definition) is 1. The first kappa shape index (κ1) is 20.0. The fourth-order valence-corrected chi connectivity index (χ4v) is 6.72. The number of nitrogens with one attached hydrogen (secondary N) is 1. The smallest absolute Gasteiger partial charge is 0.268 e. The molecule has 0 atom stereocenters. The van der Waals surface area contributed by atoms with Gasteiger partial charge in [-0.1, -0.05) is 12.1 Å². The minimum absolute atomic E-state index is 0.0587. The molecule has 7 nitrogen and oxygen atoms in total. The third kappa shape index (κ3) is 3.93. The fraction of sp³-hybridized carbons (Fsp3) is 0.263. The van der Waals surface area contributed by atoms with Gasteiger partial charge in [-0.05, 0) is 36.4 Å². The van der Waals surface area contributed by atoms with Gasteiger partial charge in [-0.2, -0.15) is 4.31 Å². The number of amides is 1. The van der Waals surface area contributed by atoms with E-state index in [4.69, 9.17) is 4.74 Å². The first-order valence-electron chi connectivity index (χ1n) is 8.98. The highest BCUT2D eigenvalue weighted by Crippen LogP contribution is 2.33. The molecule has 1 aromatic carbocycles. The van der Waals surface area contributed by atoms with Gasteiger partial charge >= 0.3 is 0 Å². The Balaban J connectivity index is 1.56. The average Bonchev–Trinajstić information content (AvgIpc) is 3.49. The predicted molar refractivity (Wildman–Crippen MR) is 114 cm³/mol. The van der Waals surface area contributed by atoms with Gasteiger partial charge in [0.2, 0.25) is 10.0 Å². The second-order valence-electron chi connectivity index (χ2n) is 6.42. The Hall–Kier alpha value is -2.27. The maximum Gasteiger partial charge on any atom is 0.268 e. The third-order valence-electron chi connectivity index (χ3n) is 4.63. The van der Waals surface area contributed by atoms with Gasteiger partial charge in [-0.3, -0.25) is 10.1 Å². The molecule has 1 aliphatic heterocycles. The van der Waals surface area contributed by atoms with Gasteiger partial charge in [0, 0.05) is 24.0 Å². The van der Waals surface area contributed by atoms with E-state index in [-0.39, 0.29) is 9.77 Å². The molecule has 2 aromatic heterocycles. The number of benzene rings is 1. The zero-order chi connectivity index (χ0) is 20.4. The van der Waals surface area contributed by atoms with Crippen LogP contribution >= 0.6 is 22.7 Å². The molecule has 1 N–H and O–H groups in total. The molecule has 29 heavy (non-hydrogen) atoms. The predicted octanol–water partition coefficient (Wildman–Crippen LogP) is 3.92. The molecule has 0 bridgehead atoms. The zero-order valence-electron chi connectivity index (χ0n) is 15.6. The maximum atomic E-state index is 12.9. The highest BCUT2D eigenvalue weighted by molar-refractivity contribution is 7.89. The monoisotopic (exact) mass is 449 g/mol. The Morgan fingerprint density at radius 3 is 2.69 bits per heavy atom. The Morgan fingerprint density at radius 1 is 1.17 bits per heavy atom. The molecule has 0 aliphatic carbocycles. The number of aromatic nitrogens is 1. The van der Waals surface area contributed by atoms with Crippen LogP contribution in [0.3, 0.4) is 0 Å². The molecule has 10 heteroatoms. The van der Waals surface area contributed by atoms with Gasteiger partial charge in [0.15, 0.2) is 5.13 Å². The van der Waals surface area contributed by atoms with Crippen molar-refractivity contribution < 1.29 is 17.9 Å². The number of sulfonamides is 1. The summed E-state index contributed by atoms with van der Waals surface area (Å²) >= 11 is 2.38. The van der Waals surface area contributed by atoms with Crippen LogP contribution < -0.4 is 10.1 Å². The summed E-state index contributed by atoms with van der Waals surface area (Å²) in [4.78, 5) is 17.5. The number of hydrogen-bond acceptors (Lipinski definition) is 7. The maximum absolute atomic E-state index is 12.9. The van der Waals surface area contributed by atoms with Crippen molar-refractivity contribution in [3.8, 4) is 17.0 Å². The molecule has 3 aromatic rings. The minimum atomic E-state index is -3.66. The first-order valence-corrected chi connectivity index (χ1v) is 12.2. The van der Waals surface area contributed by atoms with Gasteiger partial charge in [-0.25, -0.2) is 13.4 Å². The van der Waals surface area contributed by atoms with Gasteiger partial charge in [0.1, 0.15) is 15.5 Å². The quantitative estimate of drug-likeness (QED) is 0.616. The molecule has 0 spiro atoms. The zero-order valence-corrected chi connectivity index (χ0v) is 18.1. The van der Waals surface area contributed by atoms with E-state index in [2.05, 4.69) is 10.3 Å². The standard InChI is InChI=1S/C19H19N3O4S3/c1-26-15-7-3-2-6-13(15)14-12-28-19(20-14)21-18(23)17-16(8-11-27-17)29(24,25)22-9-4-5-10-22/h2-3,6-8,11-12H,4-5,9-10H2,1H3,(H,20,21,23). The average molecular weight is 450 g/mol. The summed E-state index contributed by atoms with van der Waals surface area (Å²) in [6.45, 7) is 0.988. The summed E-state index contributed by atoms with van der Waals surface area (Å²) in [5.41, 5.74) is 1.50. The molecule has 0 unspecified atom stereocenters. The van der Waals surface area contributed by atoms with E-state index in [1.165, 1.54) is 21.7 Å². The molecule has 4 rings (SSSR count). The van der Waals surface area contributed by atoms with Crippen molar-refractivity contribution in [1.82, 2.24) is 9.29 Å². The number of ether oxygens (including phenoxy) is 1. The van der Waals surface area contributed by atoms with Crippen molar-refractivity contribution in [3.63, 3.8) is 0 Å². The number of carbonyl (C=O) groups is 1. The molecule has 1 amide bonds. The van der Waals surface area contributed by atoms with Crippen molar-refractivity contribution in [2.45, 2.75) is 17.7 Å². The number of carbonyl (C=O) groups excluding carboxylic acids is 1. The highest BCUT2D eigenvalue weighted by Gasteiger charge is 2.32. The molecular weight excluding hydrogens is 430 g/mol. The Morgan fingerprint density at radius 2 is 1.93 bits per heavy atom. The lowest BCUT2D eigenvalue weighted by atomic mass is 10.1. The number of nitrogens with zero attached hydrogens (tertiary/aromatic N) is 2. The van der Waals surface area contributed by atoms with Gasteiger partial charge < -0.3 is 4.74 Å². The number of thiazole rings is 1. The van der Waals surface area contributed by atoms with Crippen LogP contribution in [0.5, 0.6) is 5.75 Å². The number of anilines is 1. The largest absolute Gasteiger partial charge is 0.496 e. The van der Waals surface area contributed by atoms with Crippen LogP contribution in [-0.4, -0.2) is 43.8 Å². The minimum Gasteiger partial charge on any atom is -0.496 e. The molecule has 1 fully saturated rings. The fourth-order valence-electron chi connectivity index (χ4n) is 3.20. The van der Waals surface area contributed by atoms with Crippen molar-refractivity contribution in [1.29, 1.82) is 0 Å². The van der Waals surface area contributed by atoms with Crippen molar-refractivity contribution in [3.05, 3.63) is 46.0 Å². The van der Waals surface area contributed by atoms with E-state index in [1.54, 1.807) is 12.5 Å². The van der Waals surface area contributed by atoms with Crippen LogP contribution in [0.25, 0.3) is 11.3 Å². The third-order valence-corrected chi connectivity index (χ3v) is 8.37. The van der Waals surface area contributed by atoms with Crippen molar-refractivity contribution in [2.75, 3.05) is 25.5 Å². The van der Waals surface area contributed by atoms with Crippen LogP contribution in [0.4, 0.5) is 5.13 Å². The number of rotatable bonds is 6. The van der Waals surface area contributed by atoms with Crippen LogP contribution in [0.1, 0.15) is 22.5 Å². The lowest BCUT2D eigenvalue weighted by Gasteiger charge is -2.15. The molecule has 152 valence electrons. The summed E-state index contributed by atoms with van der Waals surface area (Å²) in [7, 11) is -2.07. The lowest BCUT2D eigenvalue weighted by Crippen LogP contribution is -2.29. The molecular formula is C19H19N3O4S3. The van der Waals surface area contributed by atoms with Crippen LogP contribution in [0.15, 0.2) is 46.0 Å². The summed E-state index contributed by atoms with van der Waals surface area (Å²) in [5.74, 6) is 0.214. The van der Waals surface area contributed by atoms with E-state index >= 15 is 0 Å². The van der Waals surface area contributed by atoms with E-state index in [0.717, 1.165) is 29.7 Å². The van der Waals surface area contributed by atoms with Gasteiger partial charge in [0.25, 0.3) is 5.91 Å². The molecule has 0 radical (unpaired) electrons. The van der Waals surface area contributed by atoms with Crippen LogP contribution in [0, 0.1) is 0 Å². The summed E-state index contributed by atoms with van der Waals surface area (Å²) in [6.07, 6.45) is 1.69. The van der Waals surface area contributed by atoms with Crippen LogP contribution in [-0.2, 0) is 10.0 Å².